The number of thiazole rings is 1. The molecular formula is C13H11N3OS. The average Bonchev–Trinajstić information content (AvgIpc) is 2.78. The molecule has 2 aromatic heterocycles. The van der Waals surface area contributed by atoms with Gasteiger partial charge in [0.05, 0.1) is 15.9 Å². The minimum absolute atomic E-state index is 0.537. The van der Waals surface area contributed by atoms with Gasteiger partial charge in [0.2, 0.25) is 0 Å². The second-order valence-corrected chi connectivity index (χ2v) is 5.00. The van der Waals surface area contributed by atoms with Crippen LogP contribution in [-0.2, 0) is 0 Å². The zero-order valence-electron chi connectivity index (χ0n) is 9.45. The lowest BCUT2D eigenvalue weighted by Crippen LogP contribution is -2.01. The van der Waals surface area contributed by atoms with E-state index in [1.165, 1.54) is 11.3 Å². The summed E-state index contributed by atoms with van der Waals surface area (Å²) in [6.07, 6.45) is 0.945. The van der Waals surface area contributed by atoms with E-state index in [9.17, 15) is 5.11 Å². The second kappa shape index (κ2) is 4.36. The zero-order chi connectivity index (χ0) is 12.5. The lowest BCUT2D eigenvalue weighted by atomic mass is 10.1. The minimum Gasteiger partial charge on any atom is -0.382 e. The first kappa shape index (κ1) is 11.1. The van der Waals surface area contributed by atoms with E-state index in [2.05, 4.69) is 9.97 Å². The van der Waals surface area contributed by atoms with Crippen molar-refractivity contribution in [3.05, 3.63) is 53.9 Å². The Bertz CT molecular complexity index is 681. The van der Waals surface area contributed by atoms with Crippen LogP contribution in [0.15, 0.2) is 42.6 Å². The number of benzene rings is 1. The van der Waals surface area contributed by atoms with Crippen LogP contribution in [0.4, 0.5) is 5.13 Å². The Hall–Kier alpha value is -1.98. The van der Waals surface area contributed by atoms with Crippen molar-refractivity contribution >= 4 is 26.7 Å². The van der Waals surface area contributed by atoms with Crippen LogP contribution in [0.1, 0.15) is 17.4 Å². The van der Waals surface area contributed by atoms with Crippen LogP contribution in [0.2, 0.25) is 0 Å². The molecule has 0 amide bonds. The standard InChI is InChI=1S/C13H11N3OS/c14-13-16-9-5-4-8(7-11(9)18-13)12(17)10-3-1-2-6-15-10/h1-7,12,17H,(H2,14,16). The molecule has 1 unspecified atom stereocenters. The van der Waals surface area contributed by atoms with Gasteiger partial charge >= 0.3 is 0 Å². The molecule has 0 bridgehead atoms. The normalized spacial score (nSPS) is 12.7. The van der Waals surface area contributed by atoms with Crippen LogP contribution in [0.25, 0.3) is 10.2 Å². The molecular weight excluding hydrogens is 246 g/mol. The van der Waals surface area contributed by atoms with Crippen LogP contribution in [0, 0.1) is 0 Å². The van der Waals surface area contributed by atoms with Gasteiger partial charge in [-0.3, -0.25) is 4.98 Å². The van der Waals surface area contributed by atoms with Crippen molar-refractivity contribution in [3.63, 3.8) is 0 Å². The third kappa shape index (κ3) is 1.94. The first-order valence-electron chi connectivity index (χ1n) is 5.49. The number of aromatic nitrogens is 2. The molecule has 90 valence electrons. The first-order chi connectivity index (χ1) is 8.74. The van der Waals surface area contributed by atoms with E-state index >= 15 is 0 Å². The maximum absolute atomic E-state index is 10.2. The third-order valence-electron chi connectivity index (χ3n) is 2.71. The van der Waals surface area contributed by atoms with Crippen LogP contribution in [-0.4, -0.2) is 15.1 Å². The Labute approximate surface area is 108 Å². The number of rotatable bonds is 2. The third-order valence-corrected chi connectivity index (χ3v) is 3.56. The summed E-state index contributed by atoms with van der Waals surface area (Å²) in [5, 5.41) is 10.8. The topological polar surface area (TPSA) is 72.0 Å². The van der Waals surface area contributed by atoms with Gasteiger partial charge < -0.3 is 10.8 Å². The summed E-state index contributed by atoms with van der Waals surface area (Å²) < 4.78 is 0.972. The monoisotopic (exact) mass is 257 g/mol. The number of hydrogen-bond donors (Lipinski definition) is 2. The summed E-state index contributed by atoms with van der Waals surface area (Å²) >= 11 is 1.41. The zero-order valence-corrected chi connectivity index (χ0v) is 10.3. The van der Waals surface area contributed by atoms with E-state index in [1.54, 1.807) is 12.3 Å². The first-order valence-corrected chi connectivity index (χ1v) is 6.30. The van der Waals surface area contributed by atoms with Crippen molar-refractivity contribution in [1.29, 1.82) is 0 Å². The fourth-order valence-corrected chi connectivity index (χ4v) is 2.62. The number of aliphatic hydroxyl groups is 1. The van der Waals surface area contributed by atoms with Crippen LogP contribution >= 0.6 is 11.3 Å². The van der Waals surface area contributed by atoms with Gasteiger partial charge in [-0.15, -0.1) is 0 Å². The van der Waals surface area contributed by atoms with Crippen molar-refractivity contribution < 1.29 is 5.11 Å². The van der Waals surface area contributed by atoms with Crippen LogP contribution < -0.4 is 5.73 Å². The van der Waals surface area contributed by atoms with E-state index in [4.69, 9.17) is 5.73 Å². The Morgan fingerprint density at radius 1 is 1.22 bits per heavy atom. The Kier molecular flexibility index (Phi) is 2.70. The Morgan fingerprint density at radius 2 is 2.11 bits per heavy atom. The number of nitrogens with zero attached hydrogens (tertiary/aromatic N) is 2. The summed E-state index contributed by atoms with van der Waals surface area (Å²) in [6, 6.07) is 11.1. The molecule has 0 saturated carbocycles. The minimum atomic E-state index is -0.723. The van der Waals surface area contributed by atoms with Crippen molar-refractivity contribution in [2.45, 2.75) is 6.10 Å². The molecule has 3 rings (SSSR count). The highest BCUT2D eigenvalue weighted by atomic mass is 32.1. The Balaban J connectivity index is 2.03. The van der Waals surface area contributed by atoms with Gasteiger partial charge in [0.1, 0.15) is 6.10 Å². The molecule has 5 heteroatoms. The molecule has 0 fully saturated rings. The van der Waals surface area contributed by atoms with Crippen LogP contribution in [0.3, 0.4) is 0 Å². The largest absolute Gasteiger partial charge is 0.382 e. The van der Waals surface area contributed by atoms with Gasteiger partial charge in [-0.25, -0.2) is 4.98 Å². The van der Waals surface area contributed by atoms with Gasteiger partial charge in [-0.2, -0.15) is 0 Å². The number of nitrogen functional groups attached to an aromatic ring is 1. The fraction of sp³-hybridized carbons (Fsp3) is 0.0769. The van der Waals surface area contributed by atoms with E-state index in [1.807, 2.05) is 30.3 Å². The maximum Gasteiger partial charge on any atom is 0.181 e. The molecule has 0 aliphatic carbocycles. The van der Waals surface area contributed by atoms with E-state index < -0.39 is 6.10 Å². The highest BCUT2D eigenvalue weighted by Crippen LogP contribution is 2.28. The molecule has 0 saturated heterocycles. The van der Waals surface area contributed by atoms with E-state index in [0.717, 1.165) is 15.8 Å². The second-order valence-electron chi connectivity index (χ2n) is 3.94. The molecule has 0 aliphatic heterocycles. The average molecular weight is 257 g/mol. The summed E-state index contributed by atoms with van der Waals surface area (Å²) in [6.45, 7) is 0. The molecule has 18 heavy (non-hydrogen) atoms. The number of aliphatic hydroxyl groups excluding tert-OH is 1. The predicted molar refractivity (Wildman–Crippen MR) is 72.3 cm³/mol. The van der Waals surface area contributed by atoms with Gasteiger partial charge in [-0.05, 0) is 29.8 Å². The van der Waals surface area contributed by atoms with Gasteiger partial charge in [0.25, 0.3) is 0 Å². The molecule has 3 aromatic rings. The summed E-state index contributed by atoms with van der Waals surface area (Å²) in [5.74, 6) is 0. The number of fused-ring (bicyclic) bond motifs is 1. The number of pyridine rings is 1. The number of anilines is 1. The maximum atomic E-state index is 10.2. The van der Waals surface area contributed by atoms with Crippen molar-refractivity contribution in [2.24, 2.45) is 0 Å². The molecule has 0 aliphatic rings. The molecule has 1 aromatic carbocycles. The summed E-state index contributed by atoms with van der Waals surface area (Å²) in [4.78, 5) is 8.34. The lowest BCUT2D eigenvalue weighted by Gasteiger charge is -2.09. The van der Waals surface area contributed by atoms with E-state index in [-0.39, 0.29) is 0 Å². The highest BCUT2D eigenvalue weighted by molar-refractivity contribution is 7.22. The number of hydrogen-bond acceptors (Lipinski definition) is 5. The fourth-order valence-electron chi connectivity index (χ4n) is 1.84. The van der Waals surface area contributed by atoms with E-state index in [0.29, 0.717) is 10.8 Å². The molecule has 0 radical (unpaired) electrons. The van der Waals surface area contributed by atoms with Crippen molar-refractivity contribution in [2.75, 3.05) is 5.73 Å². The van der Waals surface area contributed by atoms with Gasteiger partial charge in [0.15, 0.2) is 5.13 Å². The highest BCUT2D eigenvalue weighted by Gasteiger charge is 2.12. The predicted octanol–water partition coefficient (Wildman–Crippen LogP) is 2.36. The van der Waals surface area contributed by atoms with Crippen molar-refractivity contribution in [3.8, 4) is 0 Å². The molecule has 0 spiro atoms. The number of nitrogens with two attached hydrogens (primary N) is 1. The summed E-state index contributed by atoms with van der Waals surface area (Å²) in [5.41, 5.74) is 7.95. The molecule has 3 N–H and O–H groups in total. The Morgan fingerprint density at radius 3 is 2.89 bits per heavy atom. The molecule has 4 nitrogen and oxygen atoms in total. The molecule has 1 atom stereocenters. The van der Waals surface area contributed by atoms with Crippen molar-refractivity contribution in [1.82, 2.24) is 9.97 Å². The van der Waals surface area contributed by atoms with Crippen LogP contribution in [0.5, 0.6) is 0 Å². The lowest BCUT2D eigenvalue weighted by molar-refractivity contribution is 0.215. The SMILES string of the molecule is Nc1nc2ccc(C(O)c3ccccn3)cc2s1. The smallest absolute Gasteiger partial charge is 0.181 e. The molecule has 2 heterocycles. The van der Waals surface area contributed by atoms with Gasteiger partial charge in [-0.1, -0.05) is 23.5 Å². The van der Waals surface area contributed by atoms with Gasteiger partial charge in [0, 0.05) is 6.20 Å². The summed E-state index contributed by atoms with van der Waals surface area (Å²) in [7, 11) is 0. The quantitative estimate of drug-likeness (QED) is 0.739.